The third-order valence-corrected chi connectivity index (χ3v) is 5.26. The standard InChI is InChI=1S/C24H14N2O2/c27-23-17-8-1-4-10-20(17)26(21-11-5-2-9-18(21)23)15-13-19-16-7-3-6-12-22(16)28-24(19)25-14-15/h1-14H. The molecule has 0 aliphatic carbocycles. The molecule has 0 unspecified atom stereocenters. The third-order valence-electron chi connectivity index (χ3n) is 5.26. The first kappa shape index (κ1) is 15.2. The van der Waals surface area contributed by atoms with E-state index < -0.39 is 0 Å². The highest BCUT2D eigenvalue weighted by Crippen LogP contribution is 2.30. The minimum absolute atomic E-state index is 0.0465. The van der Waals surface area contributed by atoms with Crippen molar-refractivity contribution in [1.29, 1.82) is 0 Å². The first-order chi connectivity index (χ1) is 13.8. The molecule has 3 heterocycles. The molecular weight excluding hydrogens is 348 g/mol. The smallest absolute Gasteiger partial charge is 0.227 e. The fraction of sp³-hybridized carbons (Fsp3) is 0. The molecule has 0 fully saturated rings. The lowest BCUT2D eigenvalue weighted by Crippen LogP contribution is -2.10. The molecule has 4 heteroatoms. The van der Waals surface area contributed by atoms with Crippen LogP contribution in [0.15, 0.2) is 94.3 Å². The second-order valence-corrected chi connectivity index (χ2v) is 6.84. The average Bonchev–Trinajstić information content (AvgIpc) is 3.12. The van der Waals surface area contributed by atoms with Gasteiger partial charge >= 0.3 is 0 Å². The zero-order valence-electron chi connectivity index (χ0n) is 14.8. The molecule has 0 amide bonds. The van der Waals surface area contributed by atoms with Crippen LogP contribution < -0.4 is 5.43 Å². The Balaban J connectivity index is 1.80. The van der Waals surface area contributed by atoms with Gasteiger partial charge in [-0.3, -0.25) is 4.79 Å². The Kier molecular flexibility index (Phi) is 3.00. The number of aromatic nitrogens is 2. The van der Waals surface area contributed by atoms with Crippen molar-refractivity contribution < 1.29 is 4.42 Å². The van der Waals surface area contributed by atoms with Gasteiger partial charge < -0.3 is 8.98 Å². The molecule has 0 atom stereocenters. The lowest BCUT2D eigenvalue weighted by molar-refractivity contribution is 0.654. The molecule has 132 valence electrons. The topological polar surface area (TPSA) is 48.0 Å². The van der Waals surface area contributed by atoms with Gasteiger partial charge in [0.25, 0.3) is 0 Å². The molecule has 3 aromatic carbocycles. The van der Waals surface area contributed by atoms with Crippen molar-refractivity contribution in [1.82, 2.24) is 9.55 Å². The summed E-state index contributed by atoms with van der Waals surface area (Å²) < 4.78 is 7.96. The molecular formula is C24H14N2O2. The van der Waals surface area contributed by atoms with Crippen LogP contribution in [0.2, 0.25) is 0 Å². The van der Waals surface area contributed by atoms with Crippen molar-refractivity contribution in [2.75, 3.05) is 0 Å². The zero-order chi connectivity index (χ0) is 18.7. The Bertz CT molecular complexity index is 1530. The minimum Gasteiger partial charge on any atom is -0.438 e. The number of rotatable bonds is 1. The molecule has 3 aromatic heterocycles. The lowest BCUT2D eigenvalue weighted by Gasteiger charge is -2.15. The maximum Gasteiger partial charge on any atom is 0.227 e. The van der Waals surface area contributed by atoms with E-state index in [0.29, 0.717) is 16.5 Å². The van der Waals surface area contributed by atoms with E-state index in [-0.39, 0.29) is 5.43 Å². The minimum atomic E-state index is 0.0465. The first-order valence-corrected chi connectivity index (χ1v) is 9.11. The van der Waals surface area contributed by atoms with Crippen molar-refractivity contribution in [3.63, 3.8) is 0 Å². The number of furan rings is 1. The van der Waals surface area contributed by atoms with Gasteiger partial charge in [0, 0.05) is 16.2 Å². The molecule has 28 heavy (non-hydrogen) atoms. The normalized spacial score (nSPS) is 11.7. The van der Waals surface area contributed by atoms with Gasteiger partial charge in [0.2, 0.25) is 5.71 Å². The van der Waals surface area contributed by atoms with E-state index in [2.05, 4.69) is 15.6 Å². The number of pyridine rings is 2. The average molecular weight is 362 g/mol. The van der Waals surface area contributed by atoms with Gasteiger partial charge in [-0.1, -0.05) is 42.5 Å². The van der Waals surface area contributed by atoms with Crippen LogP contribution in [-0.2, 0) is 0 Å². The van der Waals surface area contributed by atoms with Crippen LogP contribution in [0.4, 0.5) is 0 Å². The highest BCUT2D eigenvalue weighted by Gasteiger charge is 2.14. The number of para-hydroxylation sites is 3. The molecule has 0 saturated carbocycles. The highest BCUT2D eigenvalue weighted by atomic mass is 16.3. The van der Waals surface area contributed by atoms with Crippen LogP contribution in [0.5, 0.6) is 0 Å². The quantitative estimate of drug-likeness (QED) is 0.366. The Hall–Kier alpha value is -3.92. The number of benzene rings is 3. The van der Waals surface area contributed by atoms with Gasteiger partial charge in [-0.2, -0.15) is 0 Å². The molecule has 0 saturated heterocycles. The molecule has 0 N–H and O–H groups in total. The SMILES string of the molecule is O=c1c2ccccc2n(-c2cnc3oc4ccccc4c3c2)c2ccccc12. The maximum atomic E-state index is 13.0. The summed E-state index contributed by atoms with van der Waals surface area (Å²) in [6.45, 7) is 0. The van der Waals surface area contributed by atoms with Crippen molar-refractivity contribution in [3.8, 4) is 5.69 Å². The number of nitrogens with zero attached hydrogens (tertiary/aromatic N) is 2. The van der Waals surface area contributed by atoms with Crippen molar-refractivity contribution in [3.05, 3.63) is 95.3 Å². The van der Waals surface area contributed by atoms with Gasteiger partial charge in [0.1, 0.15) is 5.58 Å². The van der Waals surface area contributed by atoms with E-state index in [1.807, 2.05) is 72.8 Å². The van der Waals surface area contributed by atoms with Gasteiger partial charge in [0.15, 0.2) is 5.43 Å². The Labute approximate surface area is 159 Å². The van der Waals surface area contributed by atoms with Gasteiger partial charge in [0.05, 0.1) is 28.3 Å². The first-order valence-electron chi connectivity index (χ1n) is 9.11. The van der Waals surface area contributed by atoms with Gasteiger partial charge in [-0.15, -0.1) is 0 Å². The number of fused-ring (bicyclic) bond motifs is 5. The van der Waals surface area contributed by atoms with Crippen LogP contribution >= 0.6 is 0 Å². The third kappa shape index (κ3) is 2.00. The second kappa shape index (κ2) is 5.54. The summed E-state index contributed by atoms with van der Waals surface area (Å²) in [5, 5.41) is 3.37. The summed E-state index contributed by atoms with van der Waals surface area (Å²) in [7, 11) is 0. The van der Waals surface area contributed by atoms with E-state index in [1.54, 1.807) is 6.20 Å². The summed E-state index contributed by atoms with van der Waals surface area (Å²) in [5.41, 5.74) is 4.09. The van der Waals surface area contributed by atoms with E-state index in [0.717, 1.165) is 33.1 Å². The van der Waals surface area contributed by atoms with Crippen LogP contribution in [0.1, 0.15) is 0 Å². The molecule has 6 rings (SSSR count). The zero-order valence-corrected chi connectivity index (χ0v) is 14.8. The van der Waals surface area contributed by atoms with Crippen molar-refractivity contribution in [2.45, 2.75) is 0 Å². The summed E-state index contributed by atoms with van der Waals surface area (Å²) in [6.07, 6.45) is 1.80. The Morgan fingerprint density at radius 1 is 0.714 bits per heavy atom. The predicted octanol–water partition coefficient (Wildman–Crippen LogP) is 5.44. The highest BCUT2D eigenvalue weighted by molar-refractivity contribution is 6.04. The van der Waals surface area contributed by atoms with E-state index in [9.17, 15) is 4.79 Å². The van der Waals surface area contributed by atoms with E-state index in [1.165, 1.54) is 0 Å². The number of hydrogen-bond donors (Lipinski definition) is 0. The molecule has 0 spiro atoms. The Morgan fingerprint density at radius 2 is 1.32 bits per heavy atom. The maximum absolute atomic E-state index is 13.0. The number of hydrogen-bond acceptors (Lipinski definition) is 3. The van der Waals surface area contributed by atoms with Crippen LogP contribution in [0.25, 0.3) is 49.6 Å². The van der Waals surface area contributed by atoms with Crippen LogP contribution in [0.3, 0.4) is 0 Å². The summed E-state index contributed by atoms with van der Waals surface area (Å²) >= 11 is 0. The van der Waals surface area contributed by atoms with Crippen molar-refractivity contribution >= 4 is 43.9 Å². The summed E-state index contributed by atoms with van der Waals surface area (Å²) in [6, 6.07) is 25.4. The summed E-state index contributed by atoms with van der Waals surface area (Å²) in [4.78, 5) is 17.5. The van der Waals surface area contributed by atoms with Crippen LogP contribution in [-0.4, -0.2) is 9.55 Å². The fourth-order valence-corrected chi connectivity index (χ4v) is 3.99. The molecule has 6 aromatic rings. The molecule has 0 radical (unpaired) electrons. The fourth-order valence-electron chi connectivity index (χ4n) is 3.99. The molecule has 0 bridgehead atoms. The largest absolute Gasteiger partial charge is 0.438 e. The van der Waals surface area contributed by atoms with Gasteiger partial charge in [-0.25, -0.2) is 4.98 Å². The monoisotopic (exact) mass is 362 g/mol. The molecule has 4 nitrogen and oxygen atoms in total. The lowest BCUT2D eigenvalue weighted by atomic mass is 10.1. The van der Waals surface area contributed by atoms with Crippen LogP contribution in [0, 0.1) is 0 Å². The molecule has 0 aliphatic heterocycles. The second-order valence-electron chi connectivity index (χ2n) is 6.84. The van der Waals surface area contributed by atoms with Gasteiger partial charge in [-0.05, 0) is 36.4 Å². The van der Waals surface area contributed by atoms with E-state index >= 15 is 0 Å². The summed E-state index contributed by atoms with van der Waals surface area (Å²) in [5.74, 6) is 0. The van der Waals surface area contributed by atoms with Crippen molar-refractivity contribution in [2.24, 2.45) is 0 Å². The van der Waals surface area contributed by atoms with E-state index in [4.69, 9.17) is 4.42 Å². The predicted molar refractivity (Wildman–Crippen MR) is 112 cm³/mol. The molecule has 0 aliphatic rings. The Morgan fingerprint density at radius 3 is 2.04 bits per heavy atom.